The molecule has 0 N–H and O–H groups in total. The number of carbonyl (C=O) groups is 2. The van der Waals surface area contributed by atoms with Gasteiger partial charge in [0.1, 0.15) is 11.4 Å². The molecular weight excluding hydrogens is 497 g/mol. The smallest absolute Gasteiger partial charge is 0.363 e. The van der Waals surface area contributed by atoms with Gasteiger partial charge in [-0.1, -0.05) is 18.2 Å². The molecule has 1 fully saturated rings. The molecule has 3 aromatic rings. The molecule has 2 aromatic carbocycles. The van der Waals surface area contributed by atoms with E-state index in [0.29, 0.717) is 11.3 Å². The van der Waals surface area contributed by atoms with E-state index in [1.807, 2.05) is 49.3 Å². The van der Waals surface area contributed by atoms with Crippen LogP contribution < -0.4 is 9.80 Å². The zero-order chi connectivity index (χ0) is 26.6. The second-order valence-corrected chi connectivity index (χ2v) is 11.0. The largest absolute Gasteiger partial charge is 0.501 e. The Labute approximate surface area is 205 Å². The maximum absolute atomic E-state index is 13.4. The van der Waals surface area contributed by atoms with E-state index in [9.17, 15) is 31.2 Å². The number of carbonyl (C=O) groups excluding carboxylic acids is 2. The minimum Gasteiger partial charge on any atom is -0.363 e. The van der Waals surface area contributed by atoms with Crippen molar-refractivity contribution in [3.05, 3.63) is 60.2 Å². The van der Waals surface area contributed by atoms with Gasteiger partial charge in [0.15, 0.2) is 0 Å². The molecule has 4 rings (SSSR count). The Balaban J connectivity index is 1.72. The molecule has 1 aromatic heterocycles. The van der Waals surface area contributed by atoms with E-state index in [4.69, 9.17) is 0 Å². The zero-order valence-corrected chi connectivity index (χ0v) is 20.7. The first-order valence-electron chi connectivity index (χ1n) is 10.8. The quantitative estimate of drug-likeness (QED) is 0.465. The topological polar surface area (TPSA) is 90.9 Å². The molecule has 3 amide bonds. The van der Waals surface area contributed by atoms with Crippen LogP contribution in [0.3, 0.4) is 0 Å². The summed E-state index contributed by atoms with van der Waals surface area (Å²) in [6, 6.07) is 12.0. The van der Waals surface area contributed by atoms with Gasteiger partial charge in [0.25, 0.3) is 15.7 Å². The third-order valence-electron chi connectivity index (χ3n) is 6.11. The summed E-state index contributed by atoms with van der Waals surface area (Å²) in [5, 5.41) is 0.805. The van der Waals surface area contributed by atoms with E-state index < -0.39 is 37.7 Å². The van der Waals surface area contributed by atoms with Gasteiger partial charge in [0.05, 0.1) is 16.1 Å². The lowest BCUT2D eigenvalue weighted by molar-refractivity contribution is -0.123. The van der Waals surface area contributed by atoms with Crippen molar-refractivity contribution >= 4 is 44.2 Å². The summed E-state index contributed by atoms with van der Waals surface area (Å²) in [6.45, 7) is 3.22. The lowest BCUT2D eigenvalue weighted by Crippen LogP contribution is -2.43. The number of nitrogens with zero attached hydrogens (tertiary/aromatic N) is 4. The minimum atomic E-state index is -5.56. The molecule has 1 aliphatic heterocycles. The van der Waals surface area contributed by atoms with Gasteiger partial charge in [0, 0.05) is 26.0 Å². The summed E-state index contributed by atoms with van der Waals surface area (Å²) >= 11 is 0. The van der Waals surface area contributed by atoms with Crippen molar-refractivity contribution in [2.24, 2.45) is 0 Å². The Morgan fingerprint density at radius 2 is 1.61 bits per heavy atom. The van der Waals surface area contributed by atoms with Gasteiger partial charge in [-0.15, -0.1) is 0 Å². The minimum absolute atomic E-state index is 0.0322. The molecule has 0 saturated carbocycles. The number of urea groups is 1. The van der Waals surface area contributed by atoms with Crippen LogP contribution in [0.1, 0.15) is 19.4 Å². The lowest BCUT2D eigenvalue weighted by atomic mass is 10.0. The van der Waals surface area contributed by atoms with Crippen molar-refractivity contribution in [2.75, 3.05) is 23.9 Å². The van der Waals surface area contributed by atoms with E-state index in [-0.39, 0.29) is 12.2 Å². The molecule has 190 valence electrons. The maximum atomic E-state index is 13.4. The fraction of sp³-hybridized carbons (Fsp3) is 0.292. The van der Waals surface area contributed by atoms with E-state index >= 15 is 0 Å². The van der Waals surface area contributed by atoms with Crippen LogP contribution in [0.25, 0.3) is 10.9 Å². The number of amides is 3. The molecule has 0 spiro atoms. The average Bonchev–Trinajstić information content (AvgIpc) is 2.97. The fourth-order valence-corrected chi connectivity index (χ4v) is 4.76. The first kappa shape index (κ1) is 25.4. The van der Waals surface area contributed by atoms with Crippen LogP contribution >= 0.6 is 0 Å². The van der Waals surface area contributed by atoms with Crippen molar-refractivity contribution in [1.29, 1.82) is 0 Å². The predicted molar refractivity (Wildman–Crippen MR) is 128 cm³/mol. The summed E-state index contributed by atoms with van der Waals surface area (Å²) in [6.07, 6.45) is 0. The third kappa shape index (κ3) is 4.04. The number of sulfone groups is 1. The van der Waals surface area contributed by atoms with Crippen molar-refractivity contribution in [2.45, 2.75) is 36.3 Å². The molecule has 1 saturated heterocycles. The predicted octanol–water partition coefficient (Wildman–Crippen LogP) is 4.34. The number of para-hydroxylation sites is 1. The number of halogens is 3. The molecule has 1 aliphatic rings. The van der Waals surface area contributed by atoms with Crippen LogP contribution in [0.4, 0.5) is 29.5 Å². The van der Waals surface area contributed by atoms with Crippen LogP contribution in [-0.4, -0.2) is 55.4 Å². The van der Waals surface area contributed by atoms with E-state index in [1.54, 1.807) is 13.8 Å². The number of hydrogen-bond donors (Lipinski definition) is 0. The van der Waals surface area contributed by atoms with Gasteiger partial charge in [-0.2, -0.15) is 13.2 Å². The van der Waals surface area contributed by atoms with Crippen molar-refractivity contribution in [3.63, 3.8) is 0 Å². The van der Waals surface area contributed by atoms with Crippen LogP contribution in [0, 0.1) is 0 Å². The van der Waals surface area contributed by atoms with Crippen molar-refractivity contribution in [1.82, 2.24) is 9.88 Å². The van der Waals surface area contributed by atoms with Gasteiger partial charge in [-0.05, 0) is 55.8 Å². The number of hydrogen-bond acceptors (Lipinski definition) is 6. The number of imide groups is 1. The normalized spacial score (nSPS) is 16.2. The molecule has 36 heavy (non-hydrogen) atoms. The Morgan fingerprint density at radius 1 is 1.00 bits per heavy atom. The van der Waals surface area contributed by atoms with Crippen molar-refractivity contribution < 1.29 is 31.2 Å². The van der Waals surface area contributed by atoms with Crippen molar-refractivity contribution in [3.8, 4) is 0 Å². The number of anilines is 2. The van der Waals surface area contributed by atoms with Crippen LogP contribution in [0.15, 0.2) is 59.5 Å². The number of pyridine rings is 1. The molecule has 0 atom stereocenters. The van der Waals surface area contributed by atoms with Crippen LogP contribution in [0.5, 0.6) is 0 Å². The summed E-state index contributed by atoms with van der Waals surface area (Å²) in [5.74, 6) is 0.0721. The van der Waals surface area contributed by atoms with Gasteiger partial charge in [-0.3, -0.25) is 4.79 Å². The highest BCUT2D eigenvalue weighted by Crippen LogP contribution is 2.36. The first-order chi connectivity index (χ1) is 16.7. The number of alkyl halides is 3. The van der Waals surface area contributed by atoms with Gasteiger partial charge in [-0.25, -0.2) is 23.1 Å². The van der Waals surface area contributed by atoms with E-state index in [2.05, 4.69) is 4.98 Å². The van der Waals surface area contributed by atoms with Crippen LogP contribution in [-0.2, 0) is 21.2 Å². The zero-order valence-electron chi connectivity index (χ0n) is 19.9. The fourth-order valence-electron chi connectivity index (χ4n) is 4.00. The van der Waals surface area contributed by atoms with Gasteiger partial charge < -0.3 is 9.80 Å². The number of rotatable bonds is 5. The van der Waals surface area contributed by atoms with Crippen LogP contribution in [0.2, 0.25) is 0 Å². The highest BCUT2D eigenvalue weighted by atomic mass is 32.2. The van der Waals surface area contributed by atoms with Gasteiger partial charge >= 0.3 is 11.5 Å². The Bertz CT molecular complexity index is 1470. The number of benzene rings is 2. The lowest BCUT2D eigenvalue weighted by Gasteiger charge is -2.28. The molecule has 2 heterocycles. The summed E-state index contributed by atoms with van der Waals surface area (Å²) in [4.78, 5) is 34.4. The monoisotopic (exact) mass is 520 g/mol. The standard InChI is InChI=1S/C24H23F3N4O4S/c1-23(2)21(32)31(16-9-11-17(12-10-16)36(34,35)24(25,26)27)22(33)30(23)14-15-13-20(29(3)4)28-19-8-6-5-7-18(15)19/h5-13H,14H2,1-4H3. The second kappa shape index (κ2) is 8.47. The summed E-state index contributed by atoms with van der Waals surface area (Å²) in [5.41, 5.74) is -5.31. The van der Waals surface area contributed by atoms with Gasteiger partial charge in [0.2, 0.25) is 0 Å². The third-order valence-corrected chi connectivity index (χ3v) is 7.61. The number of fused-ring (bicyclic) bond motifs is 1. The Hall–Kier alpha value is -3.67. The SMILES string of the molecule is CN(C)c1cc(CN2C(=O)N(c3ccc(S(=O)(=O)C(F)(F)F)cc3)C(=O)C2(C)C)c2ccccc2n1. The Morgan fingerprint density at radius 3 is 2.19 bits per heavy atom. The molecule has 12 heteroatoms. The maximum Gasteiger partial charge on any atom is 0.501 e. The molecule has 0 bridgehead atoms. The summed E-state index contributed by atoms with van der Waals surface area (Å²) in [7, 11) is -1.89. The highest BCUT2D eigenvalue weighted by Gasteiger charge is 2.52. The number of aromatic nitrogens is 1. The van der Waals surface area contributed by atoms with E-state index in [0.717, 1.165) is 40.1 Å². The average molecular weight is 521 g/mol. The second-order valence-electron chi connectivity index (χ2n) is 9.06. The molecule has 0 aliphatic carbocycles. The molecule has 8 nitrogen and oxygen atoms in total. The summed E-state index contributed by atoms with van der Waals surface area (Å²) < 4.78 is 62.0. The molecular formula is C24H23F3N4O4S. The molecule has 0 unspecified atom stereocenters. The Kier molecular flexibility index (Phi) is 5.98. The molecule has 0 radical (unpaired) electrons. The van der Waals surface area contributed by atoms with E-state index in [1.165, 1.54) is 4.90 Å². The highest BCUT2D eigenvalue weighted by molar-refractivity contribution is 7.92. The first-order valence-corrected chi connectivity index (χ1v) is 12.3.